The molecule has 7 nitrogen and oxygen atoms in total. The number of aromatic nitrogens is 2. The standard InChI is InChI=1S/C30H30FN5O2S/c1-19-17-23(20(2)36(19)21-9-8-10-22(18-21)38-3)29-28(26-13-6-7-15-32-26)34-30(39)35(29)16-14-27(37)33-25-12-5-4-11-24(25)31/h4-13,15,17-18,28-29H,14,16H2,1-3H3,(H,33,37)(H,34,39). The number of anilines is 1. The van der Waals surface area contributed by atoms with E-state index in [1.807, 2.05) is 47.4 Å². The molecule has 2 aromatic carbocycles. The Balaban J connectivity index is 1.48. The van der Waals surface area contributed by atoms with Crippen molar-refractivity contribution in [2.75, 3.05) is 19.0 Å². The average Bonchev–Trinajstić information content (AvgIpc) is 3.43. The number of ether oxygens (including phenoxy) is 1. The van der Waals surface area contributed by atoms with Crippen molar-refractivity contribution in [3.05, 3.63) is 107 Å². The molecule has 1 aliphatic rings. The Morgan fingerprint density at radius 2 is 1.90 bits per heavy atom. The van der Waals surface area contributed by atoms with Gasteiger partial charge in [-0.05, 0) is 74.1 Å². The Kier molecular flexibility index (Phi) is 7.60. The number of rotatable bonds is 8. The number of methoxy groups -OCH3 is 1. The highest BCUT2D eigenvalue weighted by atomic mass is 32.1. The number of carbonyl (C=O) groups excluding carboxylic acids is 1. The Labute approximate surface area is 232 Å². The molecule has 0 bridgehead atoms. The number of aryl methyl sites for hydroxylation is 1. The van der Waals surface area contributed by atoms with Gasteiger partial charge in [0, 0.05) is 42.3 Å². The Bertz CT molecular complexity index is 1510. The fraction of sp³-hybridized carbons (Fsp3) is 0.233. The van der Waals surface area contributed by atoms with Gasteiger partial charge in [-0.2, -0.15) is 0 Å². The summed E-state index contributed by atoms with van der Waals surface area (Å²) in [6.45, 7) is 4.50. The smallest absolute Gasteiger partial charge is 0.226 e. The molecule has 0 saturated carbocycles. The number of hydrogen-bond acceptors (Lipinski definition) is 4. The third-order valence-electron chi connectivity index (χ3n) is 7.03. The molecule has 2 atom stereocenters. The van der Waals surface area contributed by atoms with Crippen LogP contribution >= 0.6 is 12.2 Å². The molecule has 2 N–H and O–H groups in total. The number of amides is 1. The Morgan fingerprint density at radius 1 is 1.10 bits per heavy atom. The van der Waals surface area contributed by atoms with Gasteiger partial charge in [0.2, 0.25) is 5.91 Å². The second-order valence-corrected chi connectivity index (χ2v) is 9.85. The van der Waals surface area contributed by atoms with Gasteiger partial charge in [0.25, 0.3) is 0 Å². The lowest BCUT2D eigenvalue weighted by molar-refractivity contribution is -0.116. The van der Waals surface area contributed by atoms with E-state index in [-0.39, 0.29) is 30.1 Å². The van der Waals surface area contributed by atoms with Crippen molar-refractivity contribution >= 4 is 28.9 Å². The third kappa shape index (κ3) is 5.35. The van der Waals surface area contributed by atoms with Gasteiger partial charge in [-0.1, -0.05) is 24.3 Å². The summed E-state index contributed by atoms with van der Waals surface area (Å²) in [4.78, 5) is 19.4. The molecule has 0 spiro atoms. The second kappa shape index (κ2) is 11.2. The maximum absolute atomic E-state index is 14.1. The summed E-state index contributed by atoms with van der Waals surface area (Å²) >= 11 is 5.78. The molecule has 200 valence electrons. The van der Waals surface area contributed by atoms with Crippen LogP contribution in [0.15, 0.2) is 79.0 Å². The first-order valence-electron chi connectivity index (χ1n) is 12.7. The summed E-state index contributed by atoms with van der Waals surface area (Å²) in [7, 11) is 1.66. The summed E-state index contributed by atoms with van der Waals surface area (Å²) in [6.07, 6.45) is 1.90. The maximum atomic E-state index is 14.1. The predicted octanol–water partition coefficient (Wildman–Crippen LogP) is 5.64. The van der Waals surface area contributed by atoms with Gasteiger partial charge < -0.3 is 24.8 Å². The third-order valence-corrected chi connectivity index (χ3v) is 7.38. The number of thiocarbonyl (C=S) groups is 1. The highest BCUT2D eigenvalue weighted by Crippen LogP contribution is 2.41. The van der Waals surface area contributed by atoms with Gasteiger partial charge in [0.05, 0.1) is 30.6 Å². The number of hydrogen-bond donors (Lipinski definition) is 2. The van der Waals surface area contributed by atoms with Crippen LogP contribution in [0.5, 0.6) is 5.75 Å². The number of benzene rings is 2. The highest BCUT2D eigenvalue weighted by molar-refractivity contribution is 7.80. The molecule has 0 aliphatic carbocycles. The fourth-order valence-corrected chi connectivity index (χ4v) is 5.55. The summed E-state index contributed by atoms with van der Waals surface area (Å²) in [5.41, 5.74) is 5.20. The molecular weight excluding hydrogens is 513 g/mol. The summed E-state index contributed by atoms with van der Waals surface area (Å²) in [5.74, 6) is 0.0196. The van der Waals surface area contributed by atoms with E-state index in [2.05, 4.69) is 40.1 Å². The van der Waals surface area contributed by atoms with Gasteiger partial charge in [-0.25, -0.2) is 4.39 Å². The first-order valence-corrected chi connectivity index (χ1v) is 13.1. The predicted molar refractivity (Wildman–Crippen MR) is 154 cm³/mol. The van der Waals surface area contributed by atoms with Crippen molar-refractivity contribution in [3.63, 3.8) is 0 Å². The molecule has 3 heterocycles. The van der Waals surface area contributed by atoms with Gasteiger partial charge >= 0.3 is 0 Å². The first-order chi connectivity index (χ1) is 18.9. The molecule has 39 heavy (non-hydrogen) atoms. The molecule has 5 rings (SSSR count). The quantitative estimate of drug-likeness (QED) is 0.281. The van der Waals surface area contributed by atoms with Crippen LogP contribution in [0.3, 0.4) is 0 Å². The van der Waals surface area contributed by atoms with Crippen LogP contribution in [0, 0.1) is 19.7 Å². The molecule has 9 heteroatoms. The number of halogens is 1. The van der Waals surface area contributed by atoms with Crippen LogP contribution in [0.4, 0.5) is 10.1 Å². The first kappa shape index (κ1) is 26.4. The van der Waals surface area contributed by atoms with E-state index >= 15 is 0 Å². The number of para-hydroxylation sites is 1. The van der Waals surface area contributed by atoms with Crippen LogP contribution in [0.1, 0.15) is 41.1 Å². The van der Waals surface area contributed by atoms with Gasteiger partial charge in [0.15, 0.2) is 5.11 Å². The van der Waals surface area contributed by atoms with Crippen LogP contribution in [-0.4, -0.2) is 39.1 Å². The van der Waals surface area contributed by atoms with Crippen molar-refractivity contribution in [1.82, 2.24) is 19.8 Å². The fourth-order valence-electron chi connectivity index (χ4n) is 5.22. The SMILES string of the molecule is COc1cccc(-n2c(C)cc(C3C(c4ccccn4)NC(=S)N3CCC(=O)Nc3ccccc3F)c2C)c1. The second-order valence-electron chi connectivity index (χ2n) is 9.46. The lowest BCUT2D eigenvalue weighted by Crippen LogP contribution is -2.33. The average molecular weight is 544 g/mol. The van der Waals surface area contributed by atoms with Crippen LogP contribution in [0.25, 0.3) is 5.69 Å². The zero-order valence-corrected chi connectivity index (χ0v) is 22.8. The summed E-state index contributed by atoms with van der Waals surface area (Å²) in [6, 6.07) is 21.6. The zero-order valence-electron chi connectivity index (χ0n) is 22.0. The molecule has 2 aromatic heterocycles. The van der Waals surface area contributed by atoms with Crippen molar-refractivity contribution in [1.29, 1.82) is 0 Å². The minimum Gasteiger partial charge on any atom is -0.497 e. The molecule has 1 saturated heterocycles. The van der Waals surface area contributed by atoms with Crippen molar-refractivity contribution in [3.8, 4) is 11.4 Å². The largest absolute Gasteiger partial charge is 0.497 e. The van der Waals surface area contributed by atoms with Crippen molar-refractivity contribution < 1.29 is 13.9 Å². The van der Waals surface area contributed by atoms with Crippen molar-refractivity contribution in [2.45, 2.75) is 32.4 Å². The monoisotopic (exact) mass is 543 g/mol. The summed E-state index contributed by atoms with van der Waals surface area (Å²) < 4.78 is 21.7. The van der Waals surface area contributed by atoms with Crippen LogP contribution in [-0.2, 0) is 4.79 Å². The minimum absolute atomic E-state index is 0.135. The van der Waals surface area contributed by atoms with Crippen LogP contribution in [0.2, 0.25) is 0 Å². The van der Waals surface area contributed by atoms with E-state index in [0.29, 0.717) is 11.7 Å². The lowest BCUT2D eigenvalue weighted by Gasteiger charge is -2.28. The van der Waals surface area contributed by atoms with Gasteiger partial charge in [0.1, 0.15) is 11.6 Å². The van der Waals surface area contributed by atoms with Crippen molar-refractivity contribution in [2.24, 2.45) is 0 Å². The zero-order chi connectivity index (χ0) is 27.5. The molecule has 0 radical (unpaired) electrons. The molecule has 4 aromatic rings. The maximum Gasteiger partial charge on any atom is 0.226 e. The highest BCUT2D eigenvalue weighted by Gasteiger charge is 2.41. The van der Waals surface area contributed by atoms with E-state index in [1.165, 1.54) is 6.07 Å². The number of carbonyl (C=O) groups is 1. The van der Waals surface area contributed by atoms with Gasteiger partial charge in [-0.3, -0.25) is 9.78 Å². The summed E-state index contributed by atoms with van der Waals surface area (Å²) in [5, 5.41) is 6.65. The van der Waals surface area contributed by atoms with E-state index in [1.54, 1.807) is 31.5 Å². The van der Waals surface area contributed by atoms with E-state index < -0.39 is 5.82 Å². The topological polar surface area (TPSA) is 71.4 Å². The number of pyridine rings is 1. The van der Waals surface area contributed by atoms with E-state index in [4.69, 9.17) is 17.0 Å². The Morgan fingerprint density at radius 3 is 2.64 bits per heavy atom. The van der Waals surface area contributed by atoms with Crippen LogP contribution < -0.4 is 15.4 Å². The Hall–Kier alpha value is -4.24. The molecule has 1 fully saturated rings. The molecule has 1 amide bonds. The molecular formula is C30H30FN5O2S. The normalized spacial score (nSPS) is 16.7. The van der Waals surface area contributed by atoms with E-state index in [9.17, 15) is 9.18 Å². The number of nitrogens with one attached hydrogen (secondary N) is 2. The van der Waals surface area contributed by atoms with Gasteiger partial charge in [-0.15, -0.1) is 0 Å². The van der Waals surface area contributed by atoms with E-state index in [0.717, 1.165) is 34.1 Å². The molecule has 2 unspecified atom stereocenters. The lowest BCUT2D eigenvalue weighted by atomic mass is 9.96. The molecule has 1 aliphatic heterocycles. The minimum atomic E-state index is -0.470. The number of nitrogens with zero attached hydrogens (tertiary/aromatic N) is 3.